The number of benzene rings is 2. The molecule has 0 aliphatic heterocycles. The Balaban J connectivity index is 1.43. The molecular weight excluding hydrogens is 404 g/mol. The highest BCUT2D eigenvalue weighted by Gasteiger charge is 2.16. The molecular formula is C20H20N6OS2. The molecule has 0 aliphatic rings. The number of aromatic nitrogens is 4. The van der Waals surface area contributed by atoms with E-state index in [4.69, 9.17) is 10.6 Å². The van der Waals surface area contributed by atoms with Gasteiger partial charge in [-0.25, -0.2) is 9.66 Å². The summed E-state index contributed by atoms with van der Waals surface area (Å²) in [7, 11) is 1.62. The molecule has 4 aromatic rings. The van der Waals surface area contributed by atoms with Gasteiger partial charge in [0.1, 0.15) is 5.75 Å². The van der Waals surface area contributed by atoms with E-state index >= 15 is 0 Å². The van der Waals surface area contributed by atoms with Gasteiger partial charge in [-0.05, 0) is 31.2 Å². The quantitative estimate of drug-likeness (QED) is 0.334. The summed E-state index contributed by atoms with van der Waals surface area (Å²) in [6.07, 6.45) is 0. The molecule has 7 nitrogen and oxygen atoms in total. The van der Waals surface area contributed by atoms with Crippen LogP contribution in [0, 0.1) is 6.92 Å². The lowest BCUT2D eigenvalue weighted by atomic mass is 10.2. The summed E-state index contributed by atoms with van der Waals surface area (Å²) in [5.74, 6) is 8.14. The summed E-state index contributed by atoms with van der Waals surface area (Å²) < 4.78 is 6.88. The number of hydrogen-bond donors (Lipinski definition) is 2. The molecule has 0 bridgehead atoms. The van der Waals surface area contributed by atoms with Crippen molar-refractivity contribution in [1.29, 1.82) is 0 Å². The number of aryl methyl sites for hydroxylation is 1. The van der Waals surface area contributed by atoms with Crippen molar-refractivity contribution in [2.24, 2.45) is 0 Å². The summed E-state index contributed by atoms with van der Waals surface area (Å²) >= 11 is 3.06. The van der Waals surface area contributed by atoms with Gasteiger partial charge in [0.15, 0.2) is 11.0 Å². The Kier molecular flexibility index (Phi) is 5.68. The first-order chi connectivity index (χ1) is 14.1. The van der Waals surface area contributed by atoms with Crippen molar-refractivity contribution in [3.8, 4) is 17.1 Å². The van der Waals surface area contributed by atoms with Crippen LogP contribution in [0.3, 0.4) is 0 Å². The predicted octanol–water partition coefficient (Wildman–Crippen LogP) is 4.47. The first kappa shape index (κ1) is 19.3. The molecule has 2 aromatic carbocycles. The lowest BCUT2D eigenvalue weighted by molar-refractivity contribution is 0.416. The molecule has 0 aliphatic carbocycles. The number of thiazole rings is 1. The second-order valence-electron chi connectivity index (χ2n) is 6.30. The number of para-hydroxylation sites is 1. The number of rotatable bonds is 7. The molecule has 148 valence electrons. The Morgan fingerprint density at radius 1 is 1.14 bits per heavy atom. The highest BCUT2D eigenvalue weighted by molar-refractivity contribution is 7.98. The van der Waals surface area contributed by atoms with Crippen LogP contribution in [0.1, 0.15) is 11.3 Å². The molecule has 0 atom stereocenters. The molecule has 2 aromatic heterocycles. The van der Waals surface area contributed by atoms with Gasteiger partial charge in [0.25, 0.3) is 0 Å². The van der Waals surface area contributed by atoms with Crippen LogP contribution in [0.4, 0.5) is 10.8 Å². The number of anilines is 2. The number of methoxy groups -OCH3 is 1. The Morgan fingerprint density at radius 2 is 1.93 bits per heavy atom. The summed E-state index contributed by atoms with van der Waals surface area (Å²) in [5.41, 5.74) is 4.00. The summed E-state index contributed by atoms with van der Waals surface area (Å²) in [5, 5.41) is 15.3. The van der Waals surface area contributed by atoms with E-state index in [0.29, 0.717) is 22.5 Å². The molecule has 0 amide bonds. The van der Waals surface area contributed by atoms with Crippen molar-refractivity contribution < 1.29 is 4.74 Å². The highest BCUT2D eigenvalue weighted by atomic mass is 32.2. The summed E-state index contributed by atoms with van der Waals surface area (Å²) in [6, 6.07) is 15.8. The fourth-order valence-electron chi connectivity index (χ4n) is 2.72. The van der Waals surface area contributed by atoms with Gasteiger partial charge in [-0.3, -0.25) is 0 Å². The fourth-order valence-corrected chi connectivity index (χ4v) is 4.30. The van der Waals surface area contributed by atoms with Crippen molar-refractivity contribution in [2.45, 2.75) is 17.8 Å². The maximum Gasteiger partial charge on any atom is 0.210 e. The monoisotopic (exact) mass is 424 g/mol. The number of thioether (sulfide) groups is 1. The van der Waals surface area contributed by atoms with Crippen LogP contribution in [0.25, 0.3) is 11.4 Å². The lowest BCUT2D eigenvalue weighted by Crippen LogP contribution is -2.12. The van der Waals surface area contributed by atoms with E-state index in [9.17, 15) is 0 Å². The molecule has 0 unspecified atom stereocenters. The largest absolute Gasteiger partial charge is 0.496 e. The van der Waals surface area contributed by atoms with Gasteiger partial charge < -0.3 is 15.9 Å². The molecule has 0 radical (unpaired) electrons. The van der Waals surface area contributed by atoms with Crippen molar-refractivity contribution in [1.82, 2.24) is 19.9 Å². The minimum atomic E-state index is 0.560. The van der Waals surface area contributed by atoms with E-state index < -0.39 is 0 Å². The van der Waals surface area contributed by atoms with Crippen molar-refractivity contribution in [2.75, 3.05) is 18.3 Å². The van der Waals surface area contributed by atoms with Gasteiger partial charge in [-0.1, -0.05) is 41.6 Å². The van der Waals surface area contributed by atoms with Crippen LogP contribution in [0.5, 0.6) is 5.75 Å². The van der Waals surface area contributed by atoms with Crippen LogP contribution >= 0.6 is 23.1 Å². The fraction of sp³-hybridized carbons (Fsp3) is 0.150. The molecule has 9 heteroatoms. The first-order valence-electron chi connectivity index (χ1n) is 8.89. The minimum absolute atomic E-state index is 0.560. The second-order valence-corrected chi connectivity index (χ2v) is 8.10. The van der Waals surface area contributed by atoms with Gasteiger partial charge in [0.05, 0.1) is 18.4 Å². The highest BCUT2D eigenvalue weighted by Crippen LogP contribution is 2.31. The Hall–Kier alpha value is -3.04. The number of nitrogens with zero attached hydrogens (tertiary/aromatic N) is 4. The van der Waals surface area contributed by atoms with Crippen LogP contribution in [0.2, 0.25) is 0 Å². The summed E-state index contributed by atoms with van der Waals surface area (Å²) in [4.78, 5) is 4.63. The van der Waals surface area contributed by atoms with Gasteiger partial charge in [-0.2, -0.15) is 0 Å². The number of nitrogen functional groups attached to an aromatic ring is 1. The third kappa shape index (κ3) is 4.36. The Bertz CT molecular complexity index is 1110. The number of hydrogen-bond acceptors (Lipinski definition) is 8. The average Bonchev–Trinajstić information content (AvgIpc) is 3.34. The first-order valence-corrected chi connectivity index (χ1v) is 10.8. The zero-order chi connectivity index (χ0) is 20.2. The third-order valence-corrected chi connectivity index (χ3v) is 6.00. The normalized spacial score (nSPS) is 10.8. The standard InChI is InChI=1S/C20H20N6OS2/c1-13-7-9-14(10-8-13)22-19-23-15(11-28-19)12-29-20-25-24-18(26(20)21)16-5-3-4-6-17(16)27-2/h3-11H,12,21H2,1-2H3,(H,22,23). The second kappa shape index (κ2) is 8.54. The molecule has 4 rings (SSSR count). The molecule has 0 saturated heterocycles. The topological polar surface area (TPSA) is 90.9 Å². The summed E-state index contributed by atoms with van der Waals surface area (Å²) in [6.45, 7) is 2.07. The number of ether oxygens (including phenoxy) is 1. The lowest BCUT2D eigenvalue weighted by Gasteiger charge is -2.07. The van der Waals surface area contributed by atoms with Gasteiger partial charge in [-0.15, -0.1) is 21.5 Å². The minimum Gasteiger partial charge on any atom is -0.496 e. The van der Waals surface area contributed by atoms with Crippen LogP contribution in [-0.2, 0) is 5.75 Å². The van der Waals surface area contributed by atoms with E-state index in [1.54, 1.807) is 18.4 Å². The molecule has 0 fully saturated rings. The molecule has 29 heavy (non-hydrogen) atoms. The molecule has 2 heterocycles. The van der Waals surface area contributed by atoms with E-state index in [0.717, 1.165) is 22.1 Å². The third-order valence-electron chi connectivity index (χ3n) is 4.22. The average molecular weight is 425 g/mol. The van der Waals surface area contributed by atoms with E-state index in [1.165, 1.54) is 22.0 Å². The van der Waals surface area contributed by atoms with Crippen LogP contribution < -0.4 is 15.9 Å². The zero-order valence-corrected chi connectivity index (χ0v) is 17.6. The van der Waals surface area contributed by atoms with Crippen molar-refractivity contribution >= 4 is 33.9 Å². The van der Waals surface area contributed by atoms with E-state index in [2.05, 4.69) is 39.6 Å². The van der Waals surface area contributed by atoms with Gasteiger partial charge >= 0.3 is 0 Å². The van der Waals surface area contributed by atoms with Gasteiger partial charge in [0, 0.05) is 16.8 Å². The van der Waals surface area contributed by atoms with Gasteiger partial charge in [0.2, 0.25) is 5.16 Å². The number of nitrogens with two attached hydrogens (primary N) is 1. The van der Waals surface area contributed by atoms with Crippen molar-refractivity contribution in [3.63, 3.8) is 0 Å². The van der Waals surface area contributed by atoms with E-state index in [-0.39, 0.29) is 0 Å². The molecule has 0 spiro atoms. The SMILES string of the molecule is COc1ccccc1-c1nnc(SCc2csc(Nc3ccc(C)cc3)n2)n1N. The Morgan fingerprint density at radius 3 is 2.72 bits per heavy atom. The zero-order valence-electron chi connectivity index (χ0n) is 16.0. The maximum atomic E-state index is 6.23. The smallest absolute Gasteiger partial charge is 0.210 e. The molecule has 3 N–H and O–H groups in total. The molecule has 0 saturated carbocycles. The predicted molar refractivity (Wildman–Crippen MR) is 118 cm³/mol. The van der Waals surface area contributed by atoms with Crippen molar-refractivity contribution in [3.05, 3.63) is 65.2 Å². The van der Waals surface area contributed by atoms with E-state index in [1.807, 2.05) is 41.8 Å². The maximum absolute atomic E-state index is 6.23. The Labute approximate surface area is 176 Å². The van der Waals surface area contributed by atoms with Crippen LogP contribution in [0.15, 0.2) is 59.1 Å². The number of nitrogens with one attached hydrogen (secondary N) is 1. The van der Waals surface area contributed by atoms with Crippen LogP contribution in [-0.4, -0.2) is 27.0 Å².